The average Bonchev–Trinajstić information content (AvgIpc) is 3.06. The minimum absolute atomic E-state index is 0.141. The van der Waals surface area contributed by atoms with E-state index in [2.05, 4.69) is 15.5 Å². The van der Waals surface area contributed by atoms with Crippen LogP contribution in [0, 0.1) is 26.6 Å². The number of benzene rings is 1. The molecule has 130 valence electrons. The second-order valence-corrected chi connectivity index (χ2v) is 6.04. The predicted molar refractivity (Wildman–Crippen MR) is 92.8 cm³/mol. The molecule has 0 fully saturated rings. The molecule has 0 saturated carbocycles. The fraction of sp³-hybridized carbons (Fsp3) is 0.278. The highest BCUT2D eigenvalue weighted by molar-refractivity contribution is 5.91. The topological polar surface area (TPSA) is 64.7 Å². The van der Waals surface area contributed by atoms with E-state index >= 15 is 0 Å². The molecule has 7 heteroatoms. The number of carbonyl (C=O) groups excluding carboxylic acids is 1. The highest BCUT2D eigenvalue weighted by atomic mass is 19.1. The molecule has 0 spiro atoms. The minimum atomic E-state index is -0.276. The highest BCUT2D eigenvalue weighted by Crippen LogP contribution is 2.20. The molecular formula is C18H20FN5O. The fourth-order valence-electron chi connectivity index (χ4n) is 2.72. The molecule has 6 nitrogen and oxygen atoms in total. The second-order valence-electron chi connectivity index (χ2n) is 6.04. The Balaban J connectivity index is 1.74. The van der Waals surface area contributed by atoms with Crippen LogP contribution in [0.3, 0.4) is 0 Å². The summed E-state index contributed by atoms with van der Waals surface area (Å²) in [7, 11) is 0. The first kappa shape index (κ1) is 16.9. The standard InChI is InChI=1S/C18H20FN5O/c1-12-7-8-23(21-12)11-17(25)20-18-13(2)22-24(14(18)3)10-15-5-4-6-16(19)9-15/h4-9H,10-11H2,1-3H3,(H,20,25). The summed E-state index contributed by atoms with van der Waals surface area (Å²) in [5.74, 6) is -0.443. The van der Waals surface area contributed by atoms with Crippen LogP contribution >= 0.6 is 0 Å². The van der Waals surface area contributed by atoms with Crippen LogP contribution in [-0.2, 0) is 17.9 Å². The Morgan fingerprint density at radius 2 is 2.00 bits per heavy atom. The zero-order chi connectivity index (χ0) is 18.0. The molecule has 0 aliphatic heterocycles. The van der Waals surface area contributed by atoms with E-state index in [-0.39, 0.29) is 18.3 Å². The van der Waals surface area contributed by atoms with Crippen LogP contribution in [-0.4, -0.2) is 25.5 Å². The summed E-state index contributed by atoms with van der Waals surface area (Å²) >= 11 is 0. The molecule has 3 aromatic rings. The van der Waals surface area contributed by atoms with Gasteiger partial charge in [-0.3, -0.25) is 14.2 Å². The van der Waals surface area contributed by atoms with Crippen molar-refractivity contribution in [3.05, 3.63) is 65.0 Å². The number of nitrogens with one attached hydrogen (secondary N) is 1. The lowest BCUT2D eigenvalue weighted by Crippen LogP contribution is -2.20. The first-order valence-corrected chi connectivity index (χ1v) is 8.01. The molecule has 0 unspecified atom stereocenters. The number of anilines is 1. The van der Waals surface area contributed by atoms with Gasteiger partial charge in [-0.05, 0) is 44.5 Å². The van der Waals surface area contributed by atoms with Gasteiger partial charge < -0.3 is 5.32 Å². The van der Waals surface area contributed by atoms with Crippen LogP contribution in [0.15, 0.2) is 36.5 Å². The summed E-state index contributed by atoms with van der Waals surface area (Å²) in [6.07, 6.45) is 1.77. The molecule has 1 amide bonds. The molecule has 1 aromatic carbocycles. The maximum Gasteiger partial charge on any atom is 0.246 e. The average molecular weight is 341 g/mol. The van der Waals surface area contributed by atoms with Gasteiger partial charge in [0.1, 0.15) is 12.4 Å². The van der Waals surface area contributed by atoms with E-state index in [1.54, 1.807) is 21.6 Å². The van der Waals surface area contributed by atoms with Crippen LogP contribution in [0.25, 0.3) is 0 Å². The van der Waals surface area contributed by atoms with Gasteiger partial charge in [0.05, 0.1) is 29.3 Å². The van der Waals surface area contributed by atoms with Gasteiger partial charge in [0.2, 0.25) is 5.91 Å². The number of halogens is 1. The Bertz CT molecular complexity index is 912. The fourth-order valence-corrected chi connectivity index (χ4v) is 2.72. The van der Waals surface area contributed by atoms with E-state index in [1.807, 2.05) is 32.9 Å². The normalized spacial score (nSPS) is 10.9. The van der Waals surface area contributed by atoms with Crippen molar-refractivity contribution in [3.63, 3.8) is 0 Å². The molecule has 0 radical (unpaired) electrons. The largest absolute Gasteiger partial charge is 0.321 e. The van der Waals surface area contributed by atoms with E-state index < -0.39 is 0 Å². The van der Waals surface area contributed by atoms with Crippen molar-refractivity contribution in [1.29, 1.82) is 0 Å². The molecule has 3 rings (SSSR count). The lowest BCUT2D eigenvalue weighted by molar-refractivity contribution is -0.116. The van der Waals surface area contributed by atoms with E-state index in [9.17, 15) is 9.18 Å². The van der Waals surface area contributed by atoms with Gasteiger partial charge in [-0.15, -0.1) is 0 Å². The summed E-state index contributed by atoms with van der Waals surface area (Å²) in [6, 6.07) is 8.26. The molecule has 2 heterocycles. The molecule has 2 aromatic heterocycles. The first-order chi connectivity index (χ1) is 11.9. The van der Waals surface area contributed by atoms with E-state index in [1.165, 1.54) is 12.1 Å². The molecular weight excluding hydrogens is 321 g/mol. The van der Waals surface area contributed by atoms with Crippen LogP contribution in [0.5, 0.6) is 0 Å². The van der Waals surface area contributed by atoms with Crippen molar-refractivity contribution in [2.24, 2.45) is 0 Å². The number of aromatic nitrogens is 4. The van der Waals surface area contributed by atoms with Crippen LogP contribution in [0.1, 0.15) is 22.6 Å². The van der Waals surface area contributed by atoms with Gasteiger partial charge in [0.25, 0.3) is 0 Å². The molecule has 0 atom stereocenters. The quantitative estimate of drug-likeness (QED) is 0.776. The minimum Gasteiger partial charge on any atom is -0.321 e. The van der Waals surface area contributed by atoms with E-state index in [4.69, 9.17) is 0 Å². The number of amides is 1. The van der Waals surface area contributed by atoms with Crippen molar-refractivity contribution >= 4 is 11.6 Å². The van der Waals surface area contributed by atoms with Gasteiger partial charge >= 0.3 is 0 Å². The molecule has 25 heavy (non-hydrogen) atoms. The smallest absolute Gasteiger partial charge is 0.246 e. The SMILES string of the molecule is Cc1ccn(CC(=O)Nc2c(C)nn(Cc3cccc(F)c3)c2C)n1. The number of rotatable bonds is 5. The number of carbonyl (C=O) groups is 1. The zero-order valence-electron chi connectivity index (χ0n) is 14.5. The Kier molecular flexibility index (Phi) is 4.65. The molecule has 0 saturated heterocycles. The number of aryl methyl sites for hydroxylation is 2. The van der Waals surface area contributed by atoms with Gasteiger partial charge in [0, 0.05) is 6.20 Å². The Labute approximate surface area is 145 Å². The van der Waals surface area contributed by atoms with Crippen molar-refractivity contribution in [2.75, 3.05) is 5.32 Å². The van der Waals surface area contributed by atoms with E-state index in [0.29, 0.717) is 12.2 Å². The summed E-state index contributed by atoms with van der Waals surface area (Å²) in [6.45, 7) is 6.18. The summed E-state index contributed by atoms with van der Waals surface area (Å²) < 4.78 is 16.7. The Morgan fingerprint density at radius 3 is 2.68 bits per heavy atom. The molecule has 1 N–H and O–H groups in total. The van der Waals surface area contributed by atoms with Crippen molar-refractivity contribution in [1.82, 2.24) is 19.6 Å². The van der Waals surface area contributed by atoms with Gasteiger partial charge in [-0.2, -0.15) is 10.2 Å². The second kappa shape index (κ2) is 6.88. The number of nitrogens with zero attached hydrogens (tertiary/aromatic N) is 4. The van der Waals surface area contributed by atoms with Crippen molar-refractivity contribution in [2.45, 2.75) is 33.9 Å². The Hall–Kier alpha value is -2.96. The molecule has 0 aliphatic rings. The third-order valence-electron chi connectivity index (χ3n) is 3.95. The van der Waals surface area contributed by atoms with Gasteiger partial charge in [-0.25, -0.2) is 4.39 Å². The van der Waals surface area contributed by atoms with Crippen LogP contribution in [0.2, 0.25) is 0 Å². The van der Waals surface area contributed by atoms with Crippen molar-refractivity contribution < 1.29 is 9.18 Å². The van der Waals surface area contributed by atoms with Crippen molar-refractivity contribution in [3.8, 4) is 0 Å². The lowest BCUT2D eigenvalue weighted by Gasteiger charge is -2.08. The lowest BCUT2D eigenvalue weighted by atomic mass is 10.2. The highest BCUT2D eigenvalue weighted by Gasteiger charge is 2.15. The van der Waals surface area contributed by atoms with Crippen LogP contribution in [0.4, 0.5) is 10.1 Å². The third kappa shape index (κ3) is 3.93. The predicted octanol–water partition coefficient (Wildman–Crippen LogP) is 2.83. The maximum atomic E-state index is 13.3. The first-order valence-electron chi connectivity index (χ1n) is 8.01. The van der Waals surface area contributed by atoms with Gasteiger partial charge in [0.15, 0.2) is 0 Å². The monoisotopic (exact) mass is 341 g/mol. The number of hydrogen-bond acceptors (Lipinski definition) is 3. The molecule has 0 bridgehead atoms. The maximum absolute atomic E-state index is 13.3. The zero-order valence-corrected chi connectivity index (χ0v) is 14.5. The molecule has 0 aliphatic carbocycles. The third-order valence-corrected chi connectivity index (χ3v) is 3.95. The van der Waals surface area contributed by atoms with Gasteiger partial charge in [-0.1, -0.05) is 12.1 Å². The Morgan fingerprint density at radius 1 is 1.20 bits per heavy atom. The summed E-state index contributed by atoms with van der Waals surface area (Å²) in [4.78, 5) is 12.2. The summed E-state index contributed by atoms with van der Waals surface area (Å²) in [5.41, 5.74) is 3.91. The van der Waals surface area contributed by atoms with E-state index in [0.717, 1.165) is 22.6 Å². The summed E-state index contributed by atoms with van der Waals surface area (Å²) in [5, 5.41) is 11.6. The number of hydrogen-bond donors (Lipinski definition) is 1. The van der Waals surface area contributed by atoms with Crippen LogP contribution < -0.4 is 5.32 Å².